The van der Waals surface area contributed by atoms with Crippen molar-refractivity contribution in [3.05, 3.63) is 102 Å². The number of aromatic amines is 2. The second-order valence-corrected chi connectivity index (χ2v) is 12.1. The van der Waals surface area contributed by atoms with Gasteiger partial charge in [-0.3, -0.25) is 0 Å². The molecule has 9 heteroatoms. The Hall–Kier alpha value is -3.83. The number of aromatic nitrogens is 4. The van der Waals surface area contributed by atoms with Crippen LogP contribution in [0.4, 0.5) is 0 Å². The van der Waals surface area contributed by atoms with Crippen LogP contribution >= 0.6 is 0 Å². The quantitative estimate of drug-likeness (QED) is 0.199. The number of hydrogen-bond donors (Lipinski definition) is 6. The van der Waals surface area contributed by atoms with Crippen molar-refractivity contribution in [3.8, 4) is 0 Å². The summed E-state index contributed by atoms with van der Waals surface area (Å²) in [5, 5.41) is 0. The molecule has 4 aromatic rings. The molecule has 3 aromatic heterocycles. The third-order valence-corrected chi connectivity index (χ3v) is 6.94. The zero-order valence-corrected chi connectivity index (χ0v) is 19.9. The molecule has 0 amide bonds. The summed E-state index contributed by atoms with van der Waals surface area (Å²) in [7, 11) is 0. The van der Waals surface area contributed by atoms with Gasteiger partial charge in [0.1, 0.15) is 0 Å². The molecule has 10 N–H and O–H groups in total. The van der Waals surface area contributed by atoms with Gasteiger partial charge < -0.3 is 9.97 Å². The van der Waals surface area contributed by atoms with E-state index < -0.39 is 12.4 Å². The Morgan fingerprint density at radius 1 is 0.486 bits per heavy atom. The van der Waals surface area contributed by atoms with Crippen molar-refractivity contribution < 1.29 is 12.4 Å². The Morgan fingerprint density at radius 2 is 0.829 bits per heavy atom. The molecule has 35 heavy (non-hydrogen) atoms. The van der Waals surface area contributed by atoms with Crippen molar-refractivity contribution in [2.45, 2.75) is 0 Å². The Morgan fingerprint density at radius 3 is 1.11 bits per heavy atom. The molecule has 2 aliphatic rings. The first kappa shape index (κ1) is 22.9. The standard InChI is InChI=1S/C20H14N4.C6H5.Co.4H2N/c1-2-14-10-16-5-6-18(23-16)12-20-8-7-19(24-20)11-17-4-3-15(22-17)9-13(1)21-14;1-2-4-6-5-3-1;;;;;/h1-12,21,24H;1-5H;;4*1H2/q;;+4;4*-1. The van der Waals surface area contributed by atoms with Crippen LogP contribution < -0.4 is 23.6 Å². The van der Waals surface area contributed by atoms with E-state index in [2.05, 4.69) is 44.2 Å². The summed E-state index contributed by atoms with van der Waals surface area (Å²) in [6.45, 7) is 0. The third-order valence-electron chi connectivity index (χ3n) is 5.20. The van der Waals surface area contributed by atoms with Gasteiger partial charge in [0.15, 0.2) is 0 Å². The van der Waals surface area contributed by atoms with Gasteiger partial charge >= 0.3 is 66.4 Å². The maximum absolute atomic E-state index is 5.56. The van der Waals surface area contributed by atoms with Crippen molar-refractivity contribution in [2.24, 2.45) is 19.1 Å². The second kappa shape index (κ2) is 8.75. The van der Waals surface area contributed by atoms with E-state index >= 15 is 0 Å². The second-order valence-electron chi connectivity index (χ2n) is 8.23. The van der Waals surface area contributed by atoms with Crippen molar-refractivity contribution in [1.82, 2.24) is 19.9 Å². The minimum absolute atomic E-state index is 0.622. The molecule has 0 unspecified atom stereocenters. The Labute approximate surface area is 203 Å². The van der Waals surface area contributed by atoms with Gasteiger partial charge in [0.05, 0.1) is 22.8 Å². The van der Waals surface area contributed by atoms with Gasteiger partial charge in [0.2, 0.25) is 0 Å². The number of benzene rings is 1. The van der Waals surface area contributed by atoms with E-state index in [9.17, 15) is 0 Å². The van der Waals surface area contributed by atoms with Crippen molar-refractivity contribution >= 4 is 50.9 Å². The fraction of sp³-hybridized carbons (Fsp3) is 0. The first-order valence-electron chi connectivity index (χ1n) is 10.7. The average molecular weight is 510 g/mol. The van der Waals surface area contributed by atoms with Crippen LogP contribution in [0.25, 0.3) is 46.4 Å². The first-order valence-corrected chi connectivity index (χ1v) is 13.6. The number of nitrogens with one attached hydrogen (secondary N) is 2. The summed E-state index contributed by atoms with van der Waals surface area (Å²) >= 11 is -3.48. The van der Waals surface area contributed by atoms with Crippen LogP contribution in [0.2, 0.25) is 0 Å². The molecule has 180 valence electrons. The summed E-state index contributed by atoms with van der Waals surface area (Å²) in [4.78, 5) is 38.3. The molecule has 0 saturated heterocycles. The number of fused-ring (bicyclic) bond motifs is 8. The van der Waals surface area contributed by atoms with Crippen LogP contribution in [-0.4, -0.2) is 19.9 Å². The monoisotopic (exact) mass is 510 g/mol. The Kier molecular flexibility index (Phi) is 5.73. The summed E-state index contributed by atoms with van der Waals surface area (Å²) < 4.78 is 0.622. The average Bonchev–Trinajstić information content (AvgIpc) is 3.60. The molecule has 2 aliphatic heterocycles. The predicted molar refractivity (Wildman–Crippen MR) is 142 cm³/mol. The molecule has 0 aliphatic carbocycles. The van der Waals surface area contributed by atoms with E-state index in [0.29, 0.717) is 4.50 Å². The van der Waals surface area contributed by atoms with E-state index in [0.717, 1.165) is 44.8 Å². The topological polar surface area (TPSA) is 161 Å². The number of hydrogen-bond acceptors (Lipinski definition) is 6. The summed E-state index contributed by atoms with van der Waals surface area (Å²) in [6.07, 6.45) is 8.09. The van der Waals surface area contributed by atoms with Gasteiger partial charge in [-0.15, -0.1) is 0 Å². The Balaban J connectivity index is 0.000000195. The summed E-state index contributed by atoms with van der Waals surface area (Å²) in [5.41, 5.74) is 7.86. The molecule has 0 atom stereocenters. The molecule has 8 bridgehead atoms. The van der Waals surface area contributed by atoms with Gasteiger partial charge in [-0.2, -0.15) is 0 Å². The van der Waals surface area contributed by atoms with Crippen LogP contribution in [-0.2, 0) is 12.4 Å². The number of nitrogens with two attached hydrogens (primary N) is 4. The van der Waals surface area contributed by atoms with Crippen LogP contribution in [0.1, 0.15) is 22.8 Å². The molecule has 0 fully saturated rings. The molecule has 1 aromatic carbocycles. The number of H-pyrrole nitrogens is 2. The molecule has 6 rings (SSSR count). The van der Waals surface area contributed by atoms with Gasteiger partial charge in [0.25, 0.3) is 0 Å². The van der Waals surface area contributed by atoms with E-state index in [4.69, 9.17) is 19.1 Å². The minimum atomic E-state index is -3.48. The zero-order valence-electron chi connectivity index (χ0n) is 18.9. The normalized spacial score (nSPS) is 13.5. The van der Waals surface area contributed by atoms with Crippen molar-refractivity contribution in [1.29, 1.82) is 0 Å². The molecule has 5 heterocycles. The Bertz CT molecular complexity index is 1420. The molecule has 0 saturated carbocycles. The third kappa shape index (κ3) is 5.81. The number of rotatable bonds is 1. The summed E-state index contributed by atoms with van der Waals surface area (Å²) in [5.74, 6) is 0. The van der Waals surface area contributed by atoms with Crippen LogP contribution in [0.3, 0.4) is 0 Å². The van der Waals surface area contributed by atoms with Crippen LogP contribution in [0, 0.1) is 0 Å². The van der Waals surface area contributed by atoms with Gasteiger partial charge in [0, 0.05) is 22.1 Å². The van der Waals surface area contributed by atoms with Gasteiger partial charge in [-0.1, -0.05) is 0 Å². The molecule has 0 spiro atoms. The van der Waals surface area contributed by atoms with Crippen molar-refractivity contribution in [3.63, 3.8) is 0 Å². The SMILES string of the molecule is C1=Cc2cc3ccc(cc4nc(cc5ccc(cc1n2)[nH]5)C=C4)[nH]3.[NH2][Co]([NH2])([NH2])([NH2])[c]1ccccc1. The molecular formula is C26H27CoN8. The van der Waals surface area contributed by atoms with Gasteiger partial charge in [-0.05, 0) is 72.8 Å². The van der Waals surface area contributed by atoms with Crippen LogP contribution in [0.15, 0.2) is 78.9 Å². The van der Waals surface area contributed by atoms with E-state index in [1.54, 1.807) is 24.3 Å². The fourth-order valence-electron chi connectivity index (χ4n) is 3.61. The molecule has 0 radical (unpaired) electrons. The van der Waals surface area contributed by atoms with E-state index in [1.165, 1.54) is 0 Å². The van der Waals surface area contributed by atoms with Crippen molar-refractivity contribution in [2.75, 3.05) is 0 Å². The molecular weight excluding hydrogens is 483 g/mol. The van der Waals surface area contributed by atoms with Gasteiger partial charge in [-0.25, -0.2) is 9.97 Å². The zero-order chi connectivity index (χ0) is 24.5. The predicted octanol–water partition coefficient (Wildman–Crippen LogP) is 3.15. The fourth-order valence-corrected chi connectivity index (χ4v) is 4.61. The van der Waals surface area contributed by atoms with E-state index in [1.807, 2.05) is 54.6 Å². The summed E-state index contributed by atoms with van der Waals surface area (Å²) in [6, 6.07) is 25.3. The number of nitrogens with zero attached hydrogens (tertiary/aromatic N) is 2. The maximum atomic E-state index is 5.56. The van der Waals surface area contributed by atoms with Crippen LogP contribution in [0.5, 0.6) is 0 Å². The first-order chi connectivity index (χ1) is 16.7. The van der Waals surface area contributed by atoms with E-state index in [-0.39, 0.29) is 0 Å². The molecule has 8 nitrogen and oxygen atoms in total.